The SMILES string of the molecule is CCSCCC[C@H]1CN(CC2=CCc3c(N)ncnc32)C[C@@H]1O.CC[C@@H]1CN(CC2=Cc3ncnc(N)c3C2)C[C@@H]1O.CCn1cc([C@H]2CN(CC3=CCc4c(N)ncnc43)C[C@@H]2O)nn1.Nc1ncnc2c1CC=C2CN1C[C@H](C2CCCC2)[C@@H](O)C1.Nc1ncnc2c1CC=C2CN1C[C@H](O)[C@@H](n2ccnn2)C1. The molecular weight excluding hydrogens is 1410 g/mol. The van der Waals surface area contributed by atoms with Crippen molar-refractivity contribution in [1.29, 1.82) is 0 Å². The van der Waals surface area contributed by atoms with E-state index in [2.05, 4.69) is 139 Å². The van der Waals surface area contributed by atoms with E-state index in [0.717, 1.165) is 216 Å². The maximum absolute atomic E-state index is 10.4. The summed E-state index contributed by atoms with van der Waals surface area (Å²) in [7, 11) is 0. The summed E-state index contributed by atoms with van der Waals surface area (Å²) in [5.41, 5.74) is 46.5. The third kappa shape index (κ3) is 18.1. The van der Waals surface area contributed by atoms with Gasteiger partial charge in [-0.2, -0.15) is 11.8 Å². The number of nitrogen functional groups attached to an aromatic ring is 5. The summed E-state index contributed by atoms with van der Waals surface area (Å²) in [6.07, 6.45) is 35.0. The van der Waals surface area contributed by atoms with Crippen LogP contribution in [-0.4, -0.2) is 270 Å². The third-order valence-electron chi connectivity index (χ3n) is 23.8. The molecule has 7 aromatic rings. The van der Waals surface area contributed by atoms with E-state index in [-0.39, 0.29) is 30.3 Å². The van der Waals surface area contributed by atoms with Crippen molar-refractivity contribution in [3.05, 3.63) is 142 Å². The smallest absolute Gasteiger partial charge is 0.130 e. The van der Waals surface area contributed by atoms with Gasteiger partial charge < -0.3 is 54.2 Å². The third-order valence-corrected chi connectivity index (χ3v) is 24.8. The van der Waals surface area contributed by atoms with Gasteiger partial charge in [0, 0.05) is 163 Å². The number of likely N-dealkylation sites (tertiary alicyclic amines) is 5. The van der Waals surface area contributed by atoms with E-state index in [4.69, 9.17) is 28.7 Å². The molecule has 31 nitrogen and oxygen atoms in total. The minimum atomic E-state index is -0.446. The summed E-state index contributed by atoms with van der Waals surface area (Å²) < 4.78 is 3.52. The Bertz CT molecular complexity index is 4470. The van der Waals surface area contributed by atoms with Crippen LogP contribution in [0.2, 0.25) is 0 Å². The fourth-order valence-electron chi connectivity index (χ4n) is 17.9. The van der Waals surface area contributed by atoms with Gasteiger partial charge in [-0.25, -0.2) is 54.5 Å². The van der Waals surface area contributed by atoms with Crippen LogP contribution in [0, 0.1) is 23.7 Å². The number of nitrogens with zero attached hydrogens (tertiary/aromatic N) is 21. The van der Waals surface area contributed by atoms with Crippen molar-refractivity contribution >= 4 is 69.2 Å². The molecule has 6 aliphatic carbocycles. The Morgan fingerprint density at radius 1 is 0.482 bits per heavy atom. The number of nitrogens with two attached hydrogens (primary N) is 5. The number of aryl methyl sites for hydroxylation is 1. The molecule has 12 heterocycles. The molecule has 11 aliphatic rings. The quantitative estimate of drug-likeness (QED) is 0.0487. The standard InChI is InChI=1S/C17H26N4OS.C17H24N4O.C16H21N7O.C14H17N7O.C14H20N4O/c1-2-23-7-3-4-12-8-21(10-15(12)22)9-13-5-6-14-16(13)19-11-20-17(14)18;18-17-13-6-5-12(16(13)19-10-20-17)7-21-8-14(15(22)9-21)11-3-1-2-4-11;1-2-23-7-13(20-21-23)12-6-22(8-14(12)24)5-10-3-4-11-15(10)18-9-19-16(11)17;15-14-10-2-1-9(13(10)16-8-17-14)5-20-6-11(12(22)7-20)21-4-3-18-19-21;1-2-10-6-18(7-13(10)19)5-9-3-11-12(4-9)16-8-17-14(11)15/h5,11-12,15,22H,2-4,6-10H2,1H3,(H2,18,19,20);5,10-11,14-15,22H,1-4,6-9H2,(H2,18,19,20);3,7,9,12,14,24H,2,4-6,8H2,1H3,(H2,17,18,19);1,3-4,8,11-12,22H,2,5-7H2,(H2,15,16,17);4,8,10,13,19H,2-3,5-7H2,1H3,(H2,15,16,17)/t12-,15-;14-,15+;12-,14+;11-,12-;10-,13+/m01101/s1. The number of hydrogen-bond donors (Lipinski definition) is 10. The molecule has 1 saturated carbocycles. The molecule has 0 aromatic carbocycles. The summed E-state index contributed by atoms with van der Waals surface area (Å²) in [5, 5.41) is 67.4. The monoisotopic (exact) mass is 1520 g/mol. The lowest BCUT2D eigenvalue weighted by molar-refractivity contribution is 0.113. The minimum absolute atomic E-state index is 0.00208. The fourth-order valence-corrected chi connectivity index (χ4v) is 18.5. The second kappa shape index (κ2) is 35.8. The van der Waals surface area contributed by atoms with Crippen LogP contribution in [0.25, 0.3) is 28.4 Å². The van der Waals surface area contributed by atoms with Gasteiger partial charge in [-0.1, -0.05) is 74.3 Å². The van der Waals surface area contributed by atoms with Gasteiger partial charge in [0.1, 0.15) is 60.7 Å². The van der Waals surface area contributed by atoms with Crippen molar-refractivity contribution in [2.75, 3.05) is 138 Å². The Labute approximate surface area is 646 Å². The van der Waals surface area contributed by atoms with E-state index >= 15 is 0 Å². The predicted octanol–water partition coefficient (Wildman–Crippen LogP) is 3.58. The van der Waals surface area contributed by atoms with Crippen LogP contribution in [0.5, 0.6) is 0 Å². The van der Waals surface area contributed by atoms with Crippen molar-refractivity contribution in [2.24, 2.45) is 23.7 Å². The Morgan fingerprint density at radius 3 is 1.45 bits per heavy atom. The normalized spacial score (nSPS) is 25.4. The zero-order valence-electron chi connectivity index (χ0n) is 63.5. The molecule has 0 unspecified atom stereocenters. The molecule has 10 atom stereocenters. The summed E-state index contributed by atoms with van der Waals surface area (Å²) in [6, 6.07) is -0.0561. The Hall–Kier alpha value is -8.67. The maximum atomic E-state index is 10.4. The van der Waals surface area contributed by atoms with Crippen molar-refractivity contribution in [1.82, 2.24) is 104 Å². The van der Waals surface area contributed by atoms with Gasteiger partial charge in [0.2, 0.25) is 0 Å². The first-order chi connectivity index (χ1) is 53.4. The van der Waals surface area contributed by atoms with E-state index in [0.29, 0.717) is 59.9 Å². The van der Waals surface area contributed by atoms with Gasteiger partial charge in [-0.05, 0) is 115 Å². The number of aromatic nitrogens is 16. The number of rotatable bonds is 20. The van der Waals surface area contributed by atoms with E-state index < -0.39 is 12.2 Å². The first-order valence-electron chi connectivity index (χ1n) is 39.2. The van der Waals surface area contributed by atoms with E-state index in [1.54, 1.807) is 34.4 Å². The fraction of sp³-hybridized carbons (Fsp3) is 0.564. The van der Waals surface area contributed by atoms with Crippen molar-refractivity contribution in [3.63, 3.8) is 0 Å². The molecule has 0 amide bonds. The molecule has 18 rings (SSSR count). The number of fused-ring (bicyclic) bond motifs is 5. The lowest BCUT2D eigenvalue weighted by Crippen LogP contribution is -2.24. The summed E-state index contributed by atoms with van der Waals surface area (Å²) >= 11 is 1.98. The first kappa shape index (κ1) is 78.0. The van der Waals surface area contributed by atoms with Gasteiger partial charge in [-0.3, -0.25) is 29.2 Å². The van der Waals surface area contributed by atoms with Crippen LogP contribution in [-0.2, 0) is 38.6 Å². The Morgan fingerprint density at radius 2 is 0.955 bits per heavy atom. The molecule has 5 aliphatic heterocycles. The molecule has 15 N–H and O–H groups in total. The van der Waals surface area contributed by atoms with Crippen LogP contribution in [0.3, 0.4) is 0 Å². The zero-order valence-corrected chi connectivity index (χ0v) is 64.3. The van der Waals surface area contributed by atoms with Crippen LogP contribution in [0.4, 0.5) is 29.1 Å². The second-order valence-corrected chi connectivity index (χ2v) is 32.4. The molecule has 32 heteroatoms. The maximum Gasteiger partial charge on any atom is 0.130 e. The number of aliphatic hydroxyl groups excluding tert-OH is 5. The average Bonchev–Trinajstić information content (AvgIpc) is 1.65. The van der Waals surface area contributed by atoms with Gasteiger partial charge in [0.05, 0.1) is 76.9 Å². The van der Waals surface area contributed by atoms with Crippen LogP contribution >= 0.6 is 11.8 Å². The van der Waals surface area contributed by atoms with Crippen LogP contribution in [0.15, 0.2) is 80.1 Å². The first-order valence-corrected chi connectivity index (χ1v) is 40.4. The molecule has 110 heavy (non-hydrogen) atoms. The molecule has 0 bridgehead atoms. The highest BCUT2D eigenvalue weighted by atomic mass is 32.2. The highest BCUT2D eigenvalue weighted by molar-refractivity contribution is 7.99. The van der Waals surface area contributed by atoms with Crippen LogP contribution < -0.4 is 28.7 Å². The predicted molar refractivity (Wildman–Crippen MR) is 425 cm³/mol. The number of aliphatic hydroxyl groups is 5. The zero-order chi connectivity index (χ0) is 76.5. The van der Waals surface area contributed by atoms with Gasteiger partial charge in [-0.15, -0.1) is 10.2 Å². The minimum Gasteiger partial charge on any atom is -0.391 e. The number of allylic oxidation sites excluding steroid dienone is 4. The number of β-amino-alcohol motifs (C(OH)–C–C–N with tert-alkyl or cyclic N) is 5. The average molecular weight is 1520 g/mol. The van der Waals surface area contributed by atoms with Crippen molar-refractivity contribution in [2.45, 2.75) is 147 Å². The summed E-state index contributed by atoms with van der Waals surface area (Å²) in [4.78, 5) is 53.6. The molecule has 0 radical (unpaired) electrons. The second-order valence-electron chi connectivity index (χ2n) is 31.0. The topological polar surface area (TPSA) is 438 Å². The van der Waals surface area contributed by atoms with E-state index in [1.807, 2.05) is 24.9 Å². The van der Waals surface area contributed by atoms with E-state index in [9.17, 15) is 25.5 Å². The largest absolute Gasteiger partial charge is 0.391 e. The van der Waals surface area contributed by atoms with Crippen molar-refractivity contribution in [3.8, 4) is 0 Å². The highest BCUT2D eigenvalue weighted by Crippen LogP contribution is 2.40. The molecule has 7 aromatic heterocycles. The summed E-state index contributed by atoms with van der Waals surface area (Å²) in [5.74, 6) is 7.27. The lowest BCUT2D eigenvalue weighted by atomic mass is 9.88. The van der Waals surface area contributed by atoms with E-state index in [1.165, 1.54) is 79.3 Å². The number of anilines is 5. The molecule has 0 spiro atoms. The molecule has 5 saturated heterocycles. The van der Waals surface area contributed by atoms with Gasteiger partial charge in [0.15, 0.2) is 0 Å². The number of hydrogen-bond acceptors (Lipinski definition) is 30. The summed E-state index contributed by atoms with van der Waals surface area (Å²) in [6.45, 7) is 19.2. The molecule has 6 fully saturated rings. The Kier molecular flexibility index (Phi) is 25.4. The van der Waals surface area contributed by atoms with Crippen molar-refractivity contribution < 1.29 is 25.5 Å². The van der Waals surface area contributed by atoms with Gasteiger partial charge in [0.25, 0.3) is 0 Å². The number of thioether (sulfide) groups is 1. The van der Waals surface area contributed by atoms with Gasteiger partial charge >= 0.3 is 0 Å². The van der Waals surface area contributed by atoms with Crippen LogP contribution in [0.1, 0.15) is 140 Å². The Balaban J connectivity index is 0.000000115. The molecular formula is C78H108N26O5S. The lowest BCUT2D eigenvalue weighted by Gasteiger charge is -2.21. The highest BCUT2D eigenvalue weighted by Gasteiger charge is 2.41. The molecule has 586 valence electrons.